The van der Waals surface area contributed by atoms with Crippen molar-refractivity contribution in [1.29, 1.82) is 0 Å². The van der Waals surface area contributed by atoms with Gasteiger partial charge in [-0.1, -0.05) is 13.8 Å². The van der Waals surface area contributed by atoms with Crippen LogP contribution in [0.25, 0.3) is 11.4 Å². The number of aromatic nitrogens is 4. The highest BCUT2D eigenvalue weighted by atomic mass is 15.2. The normalized spacial score (nSPS) is 10.6. The second kappa shape index (κ2) is 5.62. The number of nitrogens with zero attached hydrogens (tertiary/aromatic N) is 4. The maximum Gasteiger partial charge on any atom is 0.164 e. The zero-order valence-corrected chi connectivity index (χ0v) is 11.1. The second-order valence-corrected chi connectivity index (χ2v) is 4.25. The summed E-state index contributed by atoms with van der Waals surface area (Å²) < 4.78 is 1.76. The van der Waals surface area contributed by atoms with Crippen molar-refractivity contribution in [3.8, 4) is 11.4 Å². The average molecular weight is 245 g/mol. The lowest BCUT2D eigenvalue weighted by atomic mass is 10.2. The molecule has 5 nitrogen and oxygen atoms in total. The van der Waals surface area contributed by atoms with Crippen LogP contribution in [0.4, 0.5) is 5.82 Å². The van der Waals surface area contributed by atoms with E-state index in [2.05, 4.69) is 34.2 Å². The van der Waals surface area contributed by atoms with Gasteiger partial charge in [0.25, 0.3) is 0 Å². The number of aryl methyl sites for hydroxylation is 2. The molecule has 0 spiro atoms. The molecule has 0 aliphatic heterocycles. The molecular formula is C13H19N5. The van der Waals surface area contributed by atoms with Crippen LogP contribution in [-0.2, 0) is 13.5 Å². The van der Waals surface area contributed by atoms with E-state index >= 15 is 0 Å². The molecule has 1 N–H and O–H groups in total. The summed E-state index contributed by atoms with van der Waals surface area (Å²) in [6.07, 6.45) is 5.70. The highest BCUT2D eigenvalue weighted by Crippen LogP contribution is 2.17. The van der Waals surface area contributed by atoms with Gasteiger partial charge in [0.2, 0.25) is 0 Å². The summed E-state index contributed by atoms with van der Waals surface area (Å²) >= 11 is 0. The molecule has 0 fully saturated rings. The highest BCUT2D eigenvalue weighted by molar-refractivity contribution is 5.55. The van der Waals surface area contributed by atoms with Crippen LogP contribution < -0.4 is 5.32 Å². The third-order valence-electron chi connectivity index (χ3n) is 2.66. The highest BCUT2D eigenvalue weighted by Gasteiger charge is 2.07. The first-order chi connectivity index (χ1) is 8.72. The lowest BCUT2D eigenvalue weighted by Gasteiger charge is -2.07. The fourth-order valence-corrected chi connectivity index (χ4v) is 1.69. The SMILES string of the molecule is CCCNc1cc(CC)nc(-c2cnn(C)c2)n1. The largest absolute Gasteiger partial charge is 0.370 e. The Kier molecular flexibility index (Phi) is 3.92. The van der Waals surface area contributed by atoms with Gasteiger partial charge in [-0.25, -0.2) is 9.97 Å². The molecule has 2 aromatic rings. The van der Waals surface area contributed by atoms with Crippen molar-refractivity contribution >= 4 is 5.82 Å². The molecule has 2 heterocycles. The molecule has 2 aromatic heterocycles. The minimum absolute atomic E-state index is 0.737. The van der Waals surface area contributed by atoms with E-state index in [0.29, 0.717) is 0 Å². The van der Waals surface area contributed by atoms with Crippen molar-refractivity contribution in [1.82, 2.24) is 19.7 Å². The van der Waals surface area contributed by atoms with Crippen molar-refractivity contribution in [2.75, 3.05) is 11.9 Å². The van der Waals surface area contributed by atoms with E-state index in [4.69, 9.17) is 0 Å². The number of anilines is 1. The molecule has 0 radical (unpaired) electrons. The van der Waals surface area contributed by atoms with E-state index in [9.17, 15) is 0 Å². The molecule has 0 aliphatic rings. The lowest BCUT2D eigenvalue weighted by Crippen LogP contribution is -2.05. The second-order valence-electron chi connectivity index (χ2n) is 4.25. The van der Waals surface area contributed by atoms with Crippen LogP contribution in [0, 0.1) is 0 Å². The Morgan fingerprint density at radius 3 is 2.72 bits per heavy atom. The monoisotopic (exact) mass is 245 g/mol. The summed E-state index contributed by atoms with van der Waals surface area (Å²) in [7, 11) is 1.89. The Bertz CT molecular complexity index is 518. The first kappa shape index (κ1) is 12.5. The molecule has 5 heteroatoms. The predicted molar refractivity (Wildman–Crippen MR) is 72.4 cm³/mol. The van der Waals surface area contributed by atoms with Crippen LogP contribution in [0.1, 0.15) is 26.0 Å². The van der Waals surface area contributed by atoms with E-state index in [1.54, 1.807) is 10.9 Å². The van der Waals surface area contributed by atoms with E-state index in [1.165, 1.54) is 0 Å². The number of hydrogen-bond acceptors (Lipinski definition) is 4. The van der Waals surface area contributed by atoms with Crippen LogP contribution in [-0.4, -0.2) is 26.3 Å². The quantitative estimate of drug-likeness (QED) is 0.878. The summed E-state index contributed by atoms with van der Waals surface area (Å²) in [4.78, 5) is 9.07. The Balaban J connectivity index is 2.34. The molecule has 0 aromatic carbocycles. The van der Waals surface area contributed by atoms with Crippen molar-refractivity contribution in [2.45, 2.75) is 26.7 Å². The zero-order valence-electron chi connectivity index (χ0n) is 11.1. The Morgan fingerprint density at radius 1 is 1.28 bits per heavy atom. The van der Waals surface area contributed by atoms with E-state index < -0.39 is 0 Å². The molecular weight excluding hydrogens is 226 g/mol. The molecule has 2 rings (SSSR count). The minimum Gasteiger partial charge on any atom is -0.370 e. The van der Waals surface area contributed by atoms with Crippen molar-refractivity contribution in [3.05, 3.63) is 24.2 Å². The molecule has 0 unspecified atom stereocenters. The molecule has 0 amide bonds. The van der Waals surface area contributed by atoms with Gasteiger partial charge in [-0.05, 0) is 12.8 Å². The van der Waals surface area contributed by atoms with Gasteiger partial charge >= 0.3 is 0 Å². The summed E-state index contributed by atoms with van der Waals surface area (Å²) in [5, 5.41) is 7.46. The number of nitrogens with one attached hydrogen (secondary N) is 1. The summed E-state index contributed by atoms with van der Waals surface area (Å²) in [5.41, 5.74) is 2.00. The van der Waals surface area contributed by atoms with Crippen LogP contribution in [0.3, 0.4) is 0 Å². The first-order valence-corrected chi connectivity index (χ1v) is 6.33. The van der Waals surface area contributed by atoms with Crippen molar-refractivity contribution in [2.24, 2.45) is 7.05 Å². The molecule has 96 valence electrons. The van der Waals surface area contributed by atoms with E-state index in [0.717, 1.165) is 42.3 Å². The van der Waals surface area contributed by atoms with Gasteiger partial charge in [0.1, 0.15) is 5.82 Å². The van der Waals surface area contributed by atoms with Gasteiger partial charge in [-0.2, -0.15) is 5.10 Å². The van der Waals surface area contributed by atoms with Crippen LogP contribution in [0.2, 0.25) is 0 Å². The molecule has 0 atom stereocenters. The standard InChI is InChI=1S/C13H19N5/c1-4-6-14-12-7-11(5-2)16-13(17-12)10-8-15-18(3)9-10/h7-9H,4-6H2,1-3H3,(H,14,16,17). The minimum atomic E-state index is 0.737. The molecule has 0 saturated heterocycles. The Labute approximate surface area is 107 Å². The van der Waals surface area contributed by atoms with Crippen molar-refractivity contribution < 1.29 is 0 Å². The van der Waals surface area contributed by atoms with Crippen LogP contribution in [0.15, 0.2) is 18.5 Å². The maximum atomic E-state index is 4.54. The lowest BCUT2D eigenvalue weighted by molar-refractivity contribution is 0.768. The molecule has 0 bridgehead atoms. The first-order valence-electron chi connectivity index (χ1n) is 6.33. The van der Waals surface area contributed by atoms with Gasteiger partial charge in [0.05, 0.1) is 11.8 Å². The van der Waals surface area contributed by atoms with Gasteiger partial charge in [0.15, 0.2) is 5.82 Å². The molecule has 0 aliphatic carbocycles. The van der Waals surface area contributed by atoms with E-state index in [1.807, 2.05) is 19.3 Å². The smallest absolute Gasteiger partial charge is 0.164 e. The van der Waals surface area contributed by atoms with Gasteiger partial charge in [-0.3, -0.25) is 4.68 Å². The van der Waals surface area contributed by atoms with Gasteiger partial charge in [0, 0.05) is 31.5 Å². The molecule has 0 saturated carbocycles. The van der Waals surface area contributed by atoms with Gasteiger partial charge < -0.3 is 5.32 Å². The third kappa shape index (κ3) is 2.85. The Hall–Kier alpha value is -1.91. The van der Waals surface area contributed by atoms with Gasteiger partial charge in [-0.15, -0.1) is 0 Å². The number of hydrogen-bond donors (Lipinski definition) is 1. The average Bonchev–Trinajstić information content (AvgIpc) is 2.82. The Morgan fingerprint density at radius 2 is 2.11 bits per heavy atom. The fraction of sp³-hybridized carbons (Fsp3) is 0.462. The van der Waals surface area contributed by atoms with Crippen LogP contribution >= 0.6 is 0 Å². The summed E-state index contributed by atoms with van der Waals surface area (Å²) in [6, 6.07) is 2.01. The maximum absolute atomic E-state index is 4.54. The van der Waals surface area contributed by atoms with Crippen LogP contribution in [0.5, 0.6) is 0 Å². The zero-order chi connectivity index (χ0) is 13.0. The number of rotatable bonds is 5. The fourth-order valence-electron chi connectivity index (χ4n) is 1.69. The summed E-state index contributed by atoms with van der Waals surface area (Å²) in [5.74, 6) is 1.63. The predicted octanol–water partition coefficient (Wildman–Crippen LogP) is 2.26. The van der Waals surface area contributed by atoms with E-state index in [-0.39, 0.29) is 0 Å². The van der Waals surface area contributed by atoms with Crippen molar-refractivity contribution in [3.63, 3.8) is 0 Å². The summed E-state index contributed by atoms with van der Waals surface area (Å²) in [6.45, 7) is 5.16. The third-order valence-corrected chi connectivity index (χ3v) is 2.66. The molecule has 18 heavy (non-hydrogen) atoms. The topological polar surface area (TPSA) is 55.6 Å².